The molecule has 0 spiro atoms. The summed E-state index contributed by atoms with van der Waals surface area (Å²) in [5, 5.41) is 15.6. The lowest BCUT2D eigenvalue weighted by Crippen LogP contribution is -2.59. The molecule has 0 unspecified atom stereocenters. The van der Waals surface area contributed by atoms with E-state index in [4.69, 9.17) is 4.74 Å². The van der Waals surface area contributed by atoms with E-state index in [9.17, 15) is 29.1 Å². The minimum absolute atomic E-state index is 0.0803. The lowest BCUT2D eigenvalue weighted by molar-refractivity contribution is -0.154. The molecule has 0 radical (unpaired) electrons. The molecule has 2 aliphatic heterocycles. The summed E-state index contributed by atoms with van der Waals surface area (Å²) in [7, 11) is 0. The Hall–Kier alpha value is -3.93. The normalized spacial score (nSPS) is 25.9. The molecule has 5 atom stereocenters. The van der Waals surface area contributed by atoms with Crippen LogP contribution in [-0.4, -0.2) is 100 Å². The van der Waals surface area contributed by atoms with E-state index in [1.807, 2.05) is 51.1 Å². The van der Waals surface area contributed by atoms with Crippen LogP contribution in [0.4, 0.5) is 10.5 Å². The van der Waals surface area contributed by atoms with Crippen LogP contribution in [0, 0.1) is 11.3 Å². The maximum absolute atomic E-state index is 14.3. The van der Waals surface area contributed by atoms with Crippen molar-refractivity contribution < 1.29 is 33.8 Å². The second kappa shape index (κ2) is 12.2. The number of hydrogen-bond acceptors (Lipinski definition) is 7. The smallest absolute Gasteiger partial charge is 0.330 e. The van der Waals surface area contributed by atoms with E-state index < -0.39 is 64.4 Å². The third-order valence-electron chi connectivity index (χ3n) is 8.43. The number of para-hydroxylation sites is 1. The van der Waals surface area contributed by atoms with Crippen molar-refractivity contribution in [2.24, 2.45) is 11.3 Å². The number of carboxylic acid groups (broad SMARTS) is 1. The highest BCUT2D eigenvalue weighted by atomic mass is 16.6. The van der Waals surface area contributed by atoms with Crippen molar-refractivity contribution in [1.29, 1.82) is 0 Å². The van der Waals surface area contributed by atoms with Gasteiger partial charge in [0.15, 0.2) is 0 Å². The van der Waals surface area contributed by atoms with Crippen molar-refractivity contribution in [2.45, 2.75) is 83.6 Å². The van der Waals surface area contributed by atoms with Crippen LogP contribution in [0.15, 0.2) is 43.0 Å². The van der Waals surface area contributed by atoms with Gasteiger partial charge in [0.05, 0.1) is 18.6 Å². The molecule has 44 heavy (non-hydrogen) atoms. The van der Waals surface area contributed by atoms with Crippen LogP contribution >= 0.6 is 0 Å². The molecule has 4 amide bonds. The number of benzene rings is 1. The number of nitrogens with zero attached hydrogens (tertiary/aromatic N) is 3. The van der Waals surface area contributed by atoms with Gasteiger partial charge in [-0.05, 0) is 51.2 Å². The number of ether oxygens (including phenoxy) is 1. The SMILES string of the molecule is C=C[C@@H]1C[C@]1(NC(=O)[C@@H]1C[C@@H](N2CCN(c3ccccc3)C2=O)CN1C(=O)[C@@H](NCC(=O)OC(C)(C)C)C(C)(C)C)C(=O)O. The number of urea groups is 1. The number of amides is 4. The molecule has 2 heterocycles. The van der Waals surface area contributed by atoms with Crippen LogP contribution < -0.4 is 15.5 Å². The lowest BCUT2D eigenvalue weighted by Gasteiger charge is -2.36. The minimum Gasteiger partial charge on any atom is -0.479 e. The van der Waals surface area contributed by atoms with Crippen molar-refractivity contribution in [3.8, 4) is 0 Å². The molecule has 0 aromatic heterocycles. The molecular formula is C32H45N5O7. The second-order valence-corrected chi connectivity index (χ2v) is 13.9. The molecule has 12 nitrogen and oxygen atoms in total. The van der Waals surface area contributed by atoms with Gasteiger partial charge >= 0.3 is 18.0 Å². The summed E-state index contributed by atoms with van der Waals surface area (Å²) >= 11 is 0. The van der Waals surface area contributed by atoms with E-state index in [0.717, 1.165) is 5.69 Å². The number of carboxylic acids is 1. The van der Waals surface area contributed by atoms with Crippen molar-refractivity contribution in [2.75, 3.05) is 31.1 Å². The van der Waals surface area contributed by atoms with Crippen molar-refractivity contribution in [3.63, 3.8) is 0 Å². The Morgan fingerprint density at radius 3 is 2.32 bits per heavy atom. The molecule has 0 bridgehead atoms. The quantitative estimate of drug-likeness (QED) is 0.270. The Kier molecular flexibility index (Phi) is 9.16. The van der Waals surface area contributed by atoms with Gasteiger partial charge in [-0.15, -0.1) is 6.58 Å². The molecule has 1 saturated carbocycles. The third kappa shape index (κ3) is 6.90. The van der Waals surface area contributed by atoms with E-state index in [1.165, 1.54) is 11.0 Å². The van der Waals surface area contributed by atoms with Crippen molar-refractivity contribution in [3.05, 3.63) is 43.0 Å². The number of hydrogen-bond donors (Lipinski definition) is 3. The monoisotopic (exact) mass is 611 g/mol. The third-order valence-corrected chi connectivity index (χ3v) is 8.43. The highest BCUT2D eigenvalue weighted by Gasteiger charge is 2.61. The molecule has 12 heteroatoms. The number of anilines is 1. The summed E-state index contributed by atoms with van der Waals surface area (Å²) < 4.78 is 5.41. The van der Waals surface area contributed by atoms with Gasteiger partial charge in [0.25, 0.3) is 0 Å². The van der Waals surface area contributed by atoms with Gasteiger partial charge in [0, 0.05) is 31.2 Å². The highest BCUT2D eigenvalue weighted by molar-refractivity contribution is 5.97. The Balaban J connectivity index is 1.59. The van der Waals surface area contributed by atoms with Crippen LogP contribution in [0.5, 0.6) is 0 Å². The Bertz CT molecular complexity index is 1300. The zero-order chi connectivity index (χ0) is 32.6. The molecule has 3 aliphatic rings. The molecule has 4 rings (SSSR count). The van der Waals surface area contributed by atoms with Gasteiger partial charge in [-0.25, -0.2) is 9.59 Å². The number of rotatable bonds is 10. The van der Waals surface area contributed by atoms with Gasteiger partial charge in [0.2, 0.25) is 11.8 Å². The van der Waals surface area contributed by atoms with Crippen LogP contribution in [0.2, 0.25) is 0 Å². The summed E-state index contributed by atoms with van der Waals surface area (Å²) in [6.07, 6.45) is 1.86. The second-order valence-electron chi connectivity index (χ2n) is 13.9. The van der Waals surface area contributed by atoms with Crippen molar-refractivity contribution in [1.82, 2.24) is 20.4 Å². The fourth-order valence-electron chi connectivity index (χ4n) is 6.08. The first kappa shape index (κ1) is 33.0. The first-order valence-corrected chi connectivity index (χ1v) is 15.1. The minimum atomic E-state index is -1.47. The zero-order valence-corrected chi connectivity index (χ0v) is 26.5. The van der Waals surface area contributed by atoms with Crippen molar-refractivity contribution >= 4 is 35.5 Å². The van der Waals surface area contributed by atoms with E-state index in [0.29, 0.717) is 13.1 Å². The molecule has 3 fully saturated rings. The molecule has 3 N–H and O–H groups in total. The number of esters is 1. The van der Waals surface area contributed by atoms with E-state index in [-0.39, 0.29) is 32.0 Å². The van der Waals surface area contributed by atoms with Gasteiger partial charge in [-0.3, -0.25) is 24.6 Å². The van der Waals surface area contributed by atoms with Gasteiger partial charge < -0.3 is 25.0 Å². The molecule has 1 aromatic carbocycles. The fraction of sp³-hybridized carbons (Fsp3) is 0.594. The number of carbonyl (C=O) groups excluding carboxylic acids is 4. The number of carbonyl (C=O) groups is 5. The fourth-order valence-corrected chi connectivity index (χ4v) is 6.08. The lowest BCUT2D eigenvalue weighted by atomic mass is 9.85. The summed E-state index contributed by atoms with van der Waals surface area (Å²) in [6, 6.07) is 6.67. The average Bonchev–Trinajstić information content (AvgIpc) is 3.25. The standard InChI is InChI=1S/C32H45N5O7/c1-8-20-17-32(20,28(41)42)34-26(39)23-16-22(36-15-14-35(29(36)43)21-12-10-9-11-13-21)19-37(23)27(40)25(30(2,3)4)33-18-24(38)44-31(5,6)7/h8-13,20,22-23,25,33H,1,14-19H2,2-7H3,(H,34,39)(H,41,42)/t20-,22-,23+,25-,32-/m1/s1. The first-order valence-electron chi connectivity index (χ1n) is 15.1. The van der Waals surface area contributed by atoms with Crippen LogP contribution in [0.25, 0.3) is 0 Å². The zero-order valence-electron chi connectivity index (χ0n) is 26.5. The summed E-state index contributed by atoms with van der Waals surface area (Å²) in [5.74, 6) is -3.13. The predicted molar refractivity (Wildman–Crippen MR) is 164 cm³/mol. The topological polar surface area (TPSA) is 149 Å². The summed E-state index contributed by atoms with van der Waals surface area (Å²) in [4.78, 5) is 71.0. The predicted octanol–water partition coefficient (Wildman–Crippen LogP) is 2.39. The highest BCUT2D eigenvalue weighted by Crippen LogP contribution is 2.45. The number of aliphatic carboxylic acids is 1. The maximum atomic E-state index is 14.3. The Morgan fingerprint density at radius 1 is 1.11 bits per heavy atom. The molecule has 240 valence electrons. The number of likely N-dealkylation sites (tertiary alicyclic amines) is 1. The van der Waals surface area contributed by atoms with Gasteiger partial charge in [-0.1, -0.05) is 45.0 Å². The average molecular weight is 612 g/mol. The molecular weight excluding hydrogens is 566 g/mol. The maximum Gasteiger partial charge on any atom is 0.330 e. The van der Waals surface area contributed by atoms with E-state index in [2.05, 4.69) is 17.2 Å². The van der Waals surface area contributed by atoms with Gasteiger partial charge in [0.1, 0.15) is 17.2 Å². The molecule has 1 aromatic rings. The Morgan fingerprint density at radius 2 is 1.77 bits per heavy atom. The Labute approximate surface area is 258 Å². The van der Waals surface area contributed by atoms with Crippen LogP contribution in [0.3, 0.4) is 0 Å². The largest absolute Gasteiger partial charge is 0.479 e. The van der Waals surface area contributed by atoms with Crippen LogP contribution in [-0.2, 0) is 23.9 Å². The molecule has 2 saturated heterocycles. The van der Waals surface area contributed by atoms with E-state index >= 15 is 0 Å². The van der Waals surface area contributed by atoms with Gasteiger partial charge in [-0.2, -0.15) is 0 Å². The van der Waals surface area contributed by atoms with E-state index in [1.54, 1.807) is 30.6 Å². The summed E-state index contributed by atoms with van der Waals surface area (Å²) in [6.45, 7) is 15.2. The first-order chi connectivity index (χ1) is 20.5. The van der Waals surface area contributed by atoms with Crippen LogP contribution in [0.1, 0.15) is 54.4 Å². The summed E-state index contributed by atoms with van der Waals surface area (Å²) in [5.41, 5.74) is -2.09. The number of nitrogens with one attached hydrogen (secondary N) is 2. The molecule has 1 aliphatic carbocycles.